The van der Waals surface area contributed by atoms with Crippen molar-refractivity contribution in [3.05, 3.63) is 78.1 Å². The van der Waals surface area contributed by atoms with Gasteiger partial charge in [-0.05, 0) is 74.1 Å². The highest BCUT2D eigenvalue weighted by molar-refractivity contribution is 6.02. The van der Waals surface area contributed by atoms with Crippen molar-refractivity contribution in [2.24, 2.45) is 0 Å². The Kier molecular flexibility index (Phi) is 9.07. The van der Waals surface area contributed by atoms with Gasteiger partial charge >= 0.3 is 0 Å². The Morgan fingerprint density at radius 3 is 2.21 bits per heavy atom. The van der Waals surface area contributed by atoms with Crippen molar-refractivity contribution in [2.75, 3.05) is 66.5 Å². The summed E-state index contributed by atoms with van der Waals surface area (Å²) in [6.07, 6.45) is 8.15. The molecule has 0 unspecified atom stereocenters. The summed E-state index contributed by atoms with van der Waals surface area (Å²) in [6.45, 7) is 12.6. The Morgan fingerprint density at radius 1 is 0.872 bits per heavy atom. The van der Waals surface area contributed by atoms with Gasteiger partial charge in [-0.1, -0.05) is 6.58 Å². The zero-order valence-electron chi connectivity index (χ0n) is 26.8. The monoisotopic (exact) mass is 644 g/mol. The average Bonchev–Trinajstić information content (AvgIpc) is 3.81. The Bertz CT molecular complexity index is 1600. The molecule has 47 heavy (non-hydrogen) atoms. The summed E-state index contributed by atoms with van der Waals surface area (Å²) >= 11 is 0. The topological polar surface area (TPSA) is 89.1 Å². The Hall–Kier alpha value is -4.13. The van der Waals surface area contributed by atoms with Crippen molar-refractivity contribution in [3.63, 3.8) is 0 Å². The minimum absolute atomic E-state index is 0.278. The molecule has 4 aliphatic rings. The van der Waals surface area contributed by atoms with Crippen LogP contribution in [-0.2, 0) is 9.63 Å². The van der Waals surface area contributed by atoms with Gasteiger partial charge in [-0.3, -0.25) is 19.4 Å². The highest BCUT2D eigenvalue weighted by Gasteiger charge is 2.34. The predicted molar refractivity (Wildman–Crippen MR) is 179 cm³/mol. The molecular formula is C35H42F2N8O2. The van der Waals surface area contributed by atoms with Crippen molar-refractivity contribution in [3.8, 4) is 0 Å². The second kappa shape index (κ2) is 13.5. The number of rotatable bonds is 9. The maximum absolute atomic E-state index is 14.0. The number of hydrogen-bond donors (Lipinski definition) is 2. The lowest BCUT2D eigenvalue weighted by Crippen LogP contribution is -2.53. The van der Waals surface area contributed by atoms with E-state index in [1.807, 2.05) is 13.0 Å². The summed E-state index contributed by atoms with van der Waals surface area (Å²) in [4.78, 5) is 34.9. The van der Waals surface area contributed by atoms with E-state index in [1.54, 1.807) is 11.1 Å². The fraction of sp³-hybridized carbons (Fsp3) is 0.457. The number of halogens is 2. The van der Waals surface area contributed by atoms with Crippen LogP contribution in [0.5, 0.6) is 0 Å². The van der Waals surface area contributed by atoms with Gasteiger partial charge in [0.1, 0.15) is 23.8 Å². The first-order valence-corrected chi connectivity index (χ1v) is 16.6. The summed E-state index contributed by atoms with van der Waals surface area (Å²) in [7, 11) is 0. The van der Waals surface area contributed by atoms with Crippen molar-refractivity contribution < 1.29 is 18.4 Å². The number of nitrogens with zero attached hydrogens (tertiary/aromatic N) is 6. The first-order chi connectivity index (χ1) is 22.8. The molecule has 0 bridgehead atoms. The van der Waals surface area contributed by atoms with E-state index in [9.17, 15) is 13.6 Å². The number of piperidine rings is 1. The van der Waals surface area contributed by atoms with E-state index in [1.165, 1.54) is 50.5 Å². The summed E-state index contributed by atoms with van der Waals surface area (Å²) in [5.74, 6) is -0.585. The van der Waals surface area contributed by atoms with Crippen molar-refractivity contribution in [1.29, 1.82) is 0 Å². The Morgan fingerprint density at radius 2 is 1.55 bits per heavy atom. The molecule has 10 nitrogen and oxygen atoms in total. The van der Waals surface area contributed by atoms with E-state index >= 15 is 0 Å². The van der Waals surface area contributed by atoms with Gasteiger partial charge in [0.15, 0.2) is 5.82 Å². The molecule has 1 saturated carbocycles. The molecule has 12 heteroatoms. The van der Waals surface area contributed by atoms with Crippen molar-refractivity contribution in [1.82, 2.24) is 19.8 Å². The van der Waals surface area contributed by atoms with Crippen LogP contribution in [0.25, 0.3) is 0 Å². The minimum Gasteiger partial charge on any atom is -0.370 e. The third-order valence-electron chi connectivity index (χ3n) is 9.84. The largest absolute Gasteiger partial charge is 0.370 e. The number of aromatic nitrogens is 2. The molecule has 0 radical (unpaired) electrons. The number of hydrogen-bond acceptors (Lipinski definition) is 9. The number of anilines is 5. The molecule has 1 atom stereocenters. The number of aryl methyl sites for hydroxylation is 1. The Labute approximate surface area is 274 Å². The number of nitrogens with one attached hydrogen (secondary N) is 2. The first kappa shape index (κ1) is 31.5. The molecule has 7 rings (SSSR count). The molecule has 1 aliphatic carbocycles. The minimum atomic E-state index is -0.637. The smallest absolute Gasteiger partial charge is 0.247 e. The van der Waals surface area contributed by atoms with E-state index in [4.69, 9.17) is 4.84 Å². The van der Waals surface area contributed by atoms with E-state index in [2.05, 4.69) is 47.9 Å². The molecule has 2 N–H and O–H groups in total. The normalized spacial score (nSPS) is 21.2. The summed E-state index contributed by atoms with van der Waals surface area (Å²) in [6, 6.07) is 10.3. The summed E-state index contributed by atoms with van der Waals surface area (Å²) in [5, 5.41) is 7.97. The fourth-order valence-corrected chi connectivity index (χ4v) is 7.19. The molecule has 3 aliphatic heterocycles. The van der Waals surface area contributed by atoms with Crippen LogP contribution in [0.1, 0.15) is 49.3 Å². The van der Waals surface area contributed by atoms with Gasteiger partial charge in [0.25, 0.3) is 0 Å². The van der Waals surface area contributed by atoms with E-state index < -0.39 is 17.7 Å². The van der Waals surface area contributed by atoms with E-state index in [-0.39, 0.29) is 5.91 Å². The molecule has 4 fully saturated rings. The van der Waals surface area contributed by atoms with E-state index in [0.717, 1.165) is 68.1 Å². The van der Waals surface area contributed by atoms with Crippen LogP contribution in [0.2, 0.25) is 0 Å². The van der Waals surface area contributed by atoms with Gasteiger partial charge in [0.2, 0.25) is 5.91 Å². The average molecular weight is 645 g/mol. The molecule has 2 aromatic carbocycles. The summed E-state index contributed by atoms with van der Waals surface area (Å²) in [5.41, 5.74) is 3.92. The van der Waals surface area contributed by atoms with Crippen LogP contribution in [0.15, 0.2) is 55.4 Å². The molecule has 0 spiro atoms. The van der Waals surface area contributed by atoms with Crippen molar-refractivity contribution in [2.45, 2.75) is 57.2 Å². The van der Waals surface area contributed by atoms with Crippen molar-refractivity contribution >= 4 is 34.6 Å². The standard InChI is InChI=1S/C35H42F2N8O2/c1-3-35(46)41-30-20-29(23(2)16-32(30)44-9-6-28(7-10-44)43-13-11-42(12-14-43)27-4-5-27)40-33-21-34(39-22-38-33)45-31(8-15-47-45)24-17-25(36)19-26(37)18-24/h3,16-22,27-28,31H,1,4-15H2,2H3,(H,41,46)(H,38,39,40)/t31-/m1/s1. The Balaban J connectivity index is 1.06. The molecule has 3 aromatic rings. The number of hydroxylamine groups is 1. The zero-order valence-corrected chi connectivity index (χ0v) is 26.8. The maximum Gasteiger partial charge on any atom is 0.247 e. The van der Waals surface area contributed by atoms with Crippen LogP contribution >= 0.6 is 0 Å². The molecular weight excluding hydrogens is 602 g/mol. The lowest BCUT2D eigenvalue weighted by Gasteiger charge is -2.43. The van der Waals surface area contributed by atoms with Gasteiger partial charge in [-0.2, -0.15) is 0 Å². The quantitative estimate of drug-likeness (QED) is 0.291. The second-order valence-corrected chi connectivity index (χ2v) is 13.0. The number of carbonyl (C=O) groups excluding carboxylic acids is 1. The number of amides is 1. The number of benzene rings is 2. The van der Waals surface area contributed by atoms with Gasteiger partial charge in [0.05, 0.1) is 24.0 Å². The molecule has 3 saturated heterocycles. The lowest BCUT2D eigenvalue weighted by molar-refractivity contribution is -0.111. The molecule has 248 valence electrons. The molecule has 4 heterocycles. The third kappa shape index (κ3) is 7.09. The van der Waals surface area contributed by atoms with Crippen LogP contribution in [0, 0.1) is 18.6 Å². The molecule has 1 amide bonds. The predicted octanol–water partition coefficient (Wildman–Crippen LogP) is 5.56. The fourth-order valence-electron chi connectivity index (χ4n) is 7.19. The number of piperazine rings is 1. The maximum atomic E-state index is 14.0. The summed E-state index contributed by atoms with van der Waals surface area (Å²) < 4.78 is 28.0. The van der Waals surface area contributed by atoms with Gasteiger partial charge < -0.3 is 15.5 Å². The SMILES string of the molecule is C=CC(=O)Nc1cc(Nc2cc(N3OCC[C@@H]3c3cc(F)cc(F)c3)ncn2)c(C)cc1N1CCC(N2CCN(C3CC3)CC2)CC1. The van der Waals surface area contributed by atoms with Crippen LogP contribution in [0.4, 0.5) is 37.5 Å². The second-order valence-electron chi connectivity index (χ2n) is 13.0. The highest BCUT2D eigenvalue weighted by atomic mass is 19.1. The highest BCUT2D eigenvalue weighted by Crippen LogP contribution is 2.38. The van der Waals surface area contributed by atoms with Crippen LogP contribution in [-0.4, -0.2) is 83.6 Å². The first-order valence-electron chi connectivity index (χ1n) is 16.6. The van der Waals surface area contributed by atoms with E-state index in [0.29, 0.717) is 42.0 Å². The van der Waals surface area contributed by atoms with Gasteiger partial charge in [-0.15, -0.1) is 0 Å². The third-order valence-corrected chi connectivity index (χ3v) is 9.84. The molecule has 1 aromatic heterocycles. The van der Waals surface area contributed by atoms with Gasteiger partial charge in [0, 0.05) is 75.6 Å². The van der Waals surface area contributed by atoms with Crippen LogP contribution < -0.4 is 20.6 Å². The van der Waals surface area contributed by atoms with Gasteiger partial charge in [-0.25, -0.2) is 23.8 Å². The number of carbonyl (C=O) groups is 1. The van der Waals surface area contributed by atoms with Crippen LogP contribution in [0.3, 0.4) is 0 Å². The lowest BCUT2D eigenvalue weighted by atomic mass is 10.0. The zero-order chi connectivity index (χ0) is 32.5.